The molecule has 0 fully saturated rings. The normalized spacial score (nSPS) is 12.7. The van der Waals surface area contributed by atoms with Gasteiger partial charge in [-0.2, -0.15) is 13.2 Å². The topological polar surface area (TPSA) is 51.1 Å². The van der Waals surface area contributed by atoms with Crippen molar-refractivity contribution in [2.75, 3.05) is 0 Å². The van der Waals surface area contributed by atoms with Crippen LogP contribution in [0.1, 0.15) is 36.9 Å². The van der Waals surface area contributed by atoms with Crippen LogP contribution < -0.4 is 10.9 Å². The lowest BCUT2D eigenvalue weighted by molar-refractivity contribution is -0.138. The first kappa shape index (κ1) is 20.0. The number of alkyl halides is 3. The second-order valence-electron chi connectivity index (χ2n) is 5.83. The second kappa shape index (κ2) is 8.40. The Kier molecular flexibility index (Phi) is 6.47. The first-order valence-electron chi connectivity index (χ1n) is 8.04. The van der Waals surface area contributed by atoms with E-state index in [4.69, 9.17) is 11.6 Å². The molecule has 0 aliphatic heterocycles. The smallest absolute Gasteiger partial charge is 0.348 e. The van der Waals surface area contributed by atoms with Crippen molar-refractivity contribution >= 4 is 17.5 Å². The average molecular weight is 387 g/mol. The maximum Gasteiger partial charge on any atom is 0.417 e. The van der Waals surface area contributed by atoms with Crippen LogP contribution in [0.5, 0.6) is 0 Å². The van der Waals surface area contributed by atoms with Gasteiger partial charge in [-0.05, 0) is 18.1 Å². The van der Waals surface area contributed by atoms with Crippen molar-refractivity contribution in [2.24, 2.45) is 0 Å². The summed E-state index contributed by atoms with van der Waals surface area (Å²) in [5.74, 6) is -0.565. The predicted octanol–water partition coefficient (Wildman–Crippen LogP) is 4.18. The minimum Gasteiger partial charge on any atom is -0.348 e. The Morgan fingerprint density at radius 2 is 1.92 bits per heavy atom. The molecule has 1 unspecified atom stereocenters. The van der Waals surface area contributed by atoms with Gasteiger partial charge in [0.2, 0.25) is 5.91 Å². The SMILES string of the molecule is CCCC(NC(=O)Cn1cc(C(F)(F)F)cc(Cl)c1=O)c1ccccc1. The number of carbonyl (C=O) groups excluding carboxylic acids is 1. The zero-order chi connectivity index (χ0) is 19.3. The van der Waals surface area contributed by atoms with Crippen molar-refractivity contribution < 1.29 is 18.0 Å². The van der Waals surface area contributed by atoms with Crippen LogP contribution >= 0.6 is 11.6 Å². The second-order valence-corrected chi connectivity index (χ2v) is 6.23. The highest BCUT2D eigenvalue weighted by atomic mass is 35.5. The summed E-state index contributed by atoms with van der Waals surface area (Å²) in [7, 11) is 0. The molecule has 0 saturated carbocycles. The molecule has 1 aromatic carbocycles. The maximum absolute atomic E-state index is 12.9. The van der Waals surface area contributed by atoms with Gasteiger partial charge in [0.1, 0.15) is 11.6 Å². The molecule has 0 bridgehead atoms. The van der Waals surface area contributed by atoms with Gasteiger partial charge < -0.3 is 9.88 Å². The van der Waals surface area contributed by atoms with Gasteiger partial charge in [0, 0.05) is 6.20 Å². The molecule has 0 aliphatic rings. The third-order valence-corrected chi connectivity index (χ3v) is 4.07. The van der Waals surface area contributed by atoms with E-state index in [2.05, 4.69) is 5.32 Å². The molecular formula is C18H18ClF3N2O2. The van der Waals surface area contributed by atoms with Crippen molar-refractivity contribution in [1.82, 2.24) is 9.88 Å². The minimum atomic E-state index is -4.66. The van der Waals surface area contributed by atoms with Gasteiger partial charge in [0.05, 0.1) is 11.6 Å². The first-order chi connectivity index (χ1) is 12.2. The van der Waals surface area contributed by atoms with E-state index in [0.717, 1.165) is 12.0 Å². The number of aromatic nitrogens is 1. The van der Waals surface area contributed by atoms with Crippen molar-refractivity contribution in [2.45, 2.75) is 38.5 Å². The number of nitrogens with one attached hydrogen (secondary N) is 1. The van der Waals surface area contributed by atoms with Crippen molar-refractivity contribution in [3.63, 3.8) is 0 Å². The summed E-state index contributed by atoms with van der Waals surface area (Å²) in [6.07, 6.45) is -2.60. The summed E-state index contributed by atoms with van der Waals surface area (Å²) in [5.41, 5.74) is -1.04. The Labute approximate surface area is 153 Å². The molecule has 1 aromatic heterocycles. The number of rotatable bonds is 6. The number of amides is 1. The van der Waals surface area contributed by atoms with E-state index in [1.54, 1.807) is 0 Å². The van der Waals surface area contributed by atoms with E-state index in [1.807, 2.05) is 37.3 Å². The van der Waals surface area contributed by atoms with Gasteiger partial charge in [-0.15, -0.1) is 0 Å². The number of pyridine rings is 1. The lowest BCUT2D eigenvalue weighted by Gasteiger charge is -2.19. The summed E-state index contributed by atoms with van der Waals surface area (Å²) in [5, 5.41) is 2.18. The molecule has 1 atom stereocenters. The van der Waals surface area contributed by atoms with Crippen LogP contribution in [0.25, 0.3) is 0 Å². The Bertz CT molecular complexity index is 819. The molecule has 2 aromatic rings. The van der Waals surface area contributed by atoms with E-state index in [-0.39, 0.29) is 6.04 Å². The molecular weight excluding hydrogens is 369 g/mol. The Balaban J connectivity index is 2.21. The van der Waals surface area contributed by atoms with E-state index < -0.39 is 34.8 Å². The number of hydrogen-bond donors (Lipinski definition) is 1. The number of nitrogens with zero attached hydrogens (tertiary/aromatic N) is 1. The number of carbonyl (C=O) groups is 1. The summed E-state index contributed by atoms with van der Waals surface area (Å²) in [4.78, 5) is 24.2. The summed E-state index contributed by atoms with van der Waals surface area (Å²) >= 11 is 5.59. The highest BCUT2D eigenvalue weighted by Gasteiger charge is 2.32. The monoisotopic (exact) mass is 386 g/mol. The van der Waals surface area contributed by atoms with Crippen LogP contribution in [0.2, 0.25) is 5.02 Å². The molecule has 2 rings (SSSR count). The van der Waals surface area contributed by atoms with Gasteiger partial charge in [-0.3, -0.25) is 9.59 Å². The Morgan fingerprint density at radius 1 is 1.27 bits per heavy atom. The number of hydrogen-bond acceptors (Lipinski definition) is 2. The van der Waals surface area contributed by atoms with E-state index in [1.165, 1.54) is 0 Å². The van der Waals surface area contributed by atoms with Gasteiger partial charge in [-0.1, -0.05) is 55.3 Å². The molecule has 1 N–H and O–H groups in total. The van der Waals surface area contributed by atoms with E-state index >= 15 is 0 Å². The highest BCUT2D eigenvalue weighted by molar-refractivity contribution is 6.30. The van der Waals surface area contributed by atoms with Gasteiger partial charge in [0.25, 0.3) is 5.56 Å². The molecule has 1 heterocycles. The summed E-state index contributed by atoms with van der Waals surface area (Å²) < 4.78 is 39.3. The van der Waals surface area contributed by atoms with Crippen molar-refractivity contribution in [3.05, 3.63) is 69.1 Å². The van der Waals surface area contributed by atoms with Crippen molar-refractivity contribution in [1.29, 1.82) is 0 Å². The van der Waals surface area contributed by atoms with Gasteiger partial charge in [-0.25, -0.2) is 0 Å². The fraction of sp³-hybridized carbons (Fsp3) is 0.333. The average Bonchev–Trinajstić information content (AvgIpc) is 2.58. The molecule has 8 heteroatoms. The van der Waals surface area contributed by atoms with Crippen LogP contribution in [0.15, 0.2) is 47.4 Å². The predicted molar refractivity (Wildman–Crippen MR) is 92.9 cm³/mol. The van der Waals surface area contributed by atoms with E-state index in [9.17, 15) is 22.8 Å². The van der Waals surface area contributed by atoms with Crippen LogP contribution in [0.4, 0.5) is 13.2 Å². The molecule has 0 saturated heterocycles. The quantitative estimate of drug-likeness (QED) is 0.809. The minimum absolute atomic E-state index is 0.286. The third kappa shape index (κ3) is 5.11. The van der Waals surface area contributed by atoms with Gasteiger partial charge in [0.15, 0.2) is 0 Å². The zero-order valence-electron chi connectivity index (χ0n) is 14.0. The molecule has 0 radical (unpaired) electrons. The lowest BCUT2D eigenvalue weighted by Crippen LogP contribution is -2.35. The largest absolute Gasteiger partial charge is 0.417 e. The third-order valence-electron chi connectivity index (χ3n) is 3.80. The Hall–Kier alpha value is -2.28. The maximum atomic E-state index is 12.9. The van der Waals surface area contributed by atoms with Crippen LogP contribution in [-0.4, -0.2) is 10.5 Å². The molecule has 4 nitrogen and oxygen atoms in total. The molecule has 0 spiro atoms. The van der Waals surface area contributed by atoms with Gasteiger partial charge >= 0.3 is 6.18 Å². The standard InChI is InChI=1S/C18H18ClF3N2O2/c1-2-6-15(12-7-4-3-5-8-12)23-16(25)11-24-10-13(18(20,21)22)9-14(19)17(24)26/h3-5,7-10,15H,2,6,11H2,1H3,(H,23,25). The van der Waals surface area contributed by atoms with Crippen LogP contribution in [-0.2, 0) is 17.5 Å². The fourth-order valence-corrected chi connectivity index (χ4v) is 2.79. The van der Waals surface area contributed by atoms with Crippen LogP contribution in [0.3, 0.4) is 0 Å². The number of benzene rings is 1. The molecule has 0 aliphatic carbocycles. The first-order valence-corrected chi connectivity index (χ1v) is 8.41. The molecule has 140 valence electrons. The van der Waals surface area contributed by atoms with Crippen LogP contribution in [0, 0.1) is 0 Å². The molecule has 1 amide bonds. The lowest BCUT2D eigenvalue weighted by atomic mass is 10.0. The highest BCUT2D eigenvalue weighted by Crippen LogP contribution is 2.29. The Morgan fingerprint density at radius 3 is 2.50 bits per heavy atom. The fourth-order valence-electron chi connectivity index (χ4n) is 2.56. The summed E-state index contributed by atoms with van der Waals surface area (Å²) in [6, 6.07) is 9.50. The zero-order valence-corrected chi connectivity index (χ0v) is 14.8. The van der Waals surface area contributed by atoms with E-state index in [0.29, 0.717) is 23.3 Å². The molecule has 26 heavy (non-hydrogen) atoms. The number of halogens is 4. The summed E-state index contributed by atoms with van der Waals surface area (Å²) in [6.45, 7) is 1.41. The van der Waals surface area contributed by atoms with Crippen molar-refractivity contribution in [3.8, 4) is 0 Å².